The number of nitrogens with zero attached hydrogens (tertiary/aromatic N) is 1. The normalized spacial score (nSPS) is 10.1. The molecule has 0 aromatic carbocycles. The lowest BCUT2D eigenvalue weighted by atomic mass is 10.2. The summed E-state index contributed by atoms with van der Waals surface area (Å²) in [5, 5.41) is 0.483. The van der Waals surface area contributed by atoms with Gasteiger partial charge in [-0.1, -0.05) is 0 Å². The summed E-state index contributed by atoms with van der Waals surface area (Å²) in [4.78, 5) is 20.5. The third kappa shape index (κ3) is 1.45. The van der Waals surface area contributed by atoms with E-state index < -0.39 is 0 Å². The van der Waals surface area contributed by atoms with Gasteiger partial charge in [0, 0.05) is 12.7 Å². The molecule has 0 aliphatic carbocycles. The molecule has 6 nitrogen and oxygen atoms in total. The minimum Gasteiger partial charge on any atom is -0.369 e. The molecule has 0 spiro atoms. The molecule has 14 heavy (non-hydrogen) atoms. The number of aromatic amines is 2. The van der Waals surface area contributed by atoms with E-state index in [2.05, 4.69) is 15.0 Å². The minimum atomic E-state index is -0.260. The molecule has 0 fully saturated rings. The summed E-state index contributed by atoms with van der Waals surface area (Å²) in [7, 11) is 0. The molecular weight excluding hydrogens is 206 g/mol. The highest BCUT2D eigenvalue weighted by atomic mass is 35.5. The Morgan fingerprint density at radius 1 is 1.50 bits per heavy atom. The zero-order valence-electron chi connectivity index (χ0n) is 7.20. The van der Waals surface area contributed by atoms with Crippen molar-refractivity contribution in [1.82, 2.24) is 15.0 Å². The van der Waals surface area contributed by atoms with E-state index in [9.17, 15) is 4.79 Å². The van der Waals surface area contributed by atoms with Gasteiger partial charge in [0.2, 0.25) is 5.95 Å². The Kier molecular flexibility index (Phi) is 2.78. The molecule has 2 aromatic heterocycles. The molecule has 0 amide bonds. The van der Waals surface area contributed by atoms with Crippen molar-refractivity contribution in [2.45, 2.75) is 6.54 Å². The predicted octanol–water partition coefficient (Wildman–Crippen LogP) is -0.286. The fourth-order valence-electron chi connectivity index (χ4n) is 1.28. The smallest absolute Gasteiger partial charge is 0.262 e. The van der Waals surface area contributed by atoms with Crippen molar-refractivity contribution in [3.8, 4) is 0 Å². The van der Waals surface area contributed by atoms with Crippen LogP contribution in [0.25, 0.3) is 11.0 Å². The maximum Gasteiger partial charge on any atom is 0.262 e. The first-order valence-corrected chi connectivity index (χ1v) is 3.78. The van der Waals surface area contributed by atoms with Crippen LogP contribution in [0.4, 0.5) is 5.95 Å². The quantitative estimate of drug-likeness (QED) is 0.524. The lowest BCUT2D eigenvalue weighted by Gasteiger charge is -1.93. The van der Waals surface area contributed by atoms with Gasteiger partial charge in [0.05, 0.1) is 5.39 Å². The molecule has 76 valence electrons. The number of hydrogen-bond acceptors (Lipinski definition) is 4. The zero-order chi connectivity index (χ0) is 9.42. The van der Waals surface area contributed by atoms with Crippen molar-refractivity contribution in [3.63, 3.8) is 0 Å². The van der Waals surface area contributed by atoms with Gasteiger partial charge < -0.3 is 16.5 Å². The summed E-state index contributed by atoms with van der Waals surface area (Å²) in [6.07, 6.45) is 1.66. The van der Waals surface area contributed by atoms with Crippen LogP contribution < -0.4 is 17.0 Å². The predicted molar refractivity (Wildman–Crippen MR) is 56.3 cm³/mol. The monoisotopic (exact) mass is 215 g/mol. The third-order valence-corrected chi connectivity index (χ3v) is 1.86. The number of nitrogen functional groups attached to an aromatic ring is 1. The van der Waals surface area contributed by atoms with Gasteiger partial charge in [-0.25, -0.2) is 0 Å². The fourth-order valence-corrected chi connectivity index (χ4v) is 1.28. The molecule has 0 aliphatic heterocycles. The van der Waals surface area contributed by atoms with Crippen LogP contribution in [0.1, 0.15) is 5.56 Å². The zero-order valence-corrected chi connectivity index (χ0v) is 8.02. The maximum atomic E-state index is 11.4. The number of rotatable bonds is 1. The molecule has 0 saturated heterocycles. The lowest BCUT2D eigenvalue weighted by Crippen LogP contribution is -2.12. The molecular formula is C7H10ClN5O. The molecule has 7 heteroatoms. The van der Waals surface area contributed by atoms with Crippen LogP contribution in [-0.4, -0.2) is 15.0 Å². The molecule has 2 heterocycles. The second-order valence-electron chi connectivity index (χ2n) is 2.69. The SMILES string of the molecule is Cl.NCc1c[nH]c2nc(N)[nH]c(=O)c12. The summed E-state index contributed by atoms with van der Waals surface area (Å²) >= 11 is 0. The van der Waals surface area contributed by atoms with Crippen molar-refractivity contribution in [2.24, 2.45) is 5.73 Å². The van der Waals surface area contributed by atoms with E-state index in [-0.39, 0.29) is 23.9 Å². The lowest BCUT2D eigenvalue weighted by molar-refractivity contribution is 1.08. The molecule has 0 saturated carbocycles. The largest absolute Gasteiger partial charge is 0.369 e. The first-order valence-electron chi connectivity index (χ1n) is 3.78. The van der Waals surface area contributed by atoms with E-state index in [4.69, 9.17) is 11.5 Å². The number of nitrogens with one attached hydrogen (secondary N) is 2. The second-order valence-corrected chi connectivity index (χ2v) is 2.69. The van der Waals surface area contributed by atoms with Crippen molar-refractivity contribution < 1.29 is 0 Å². The topological polar surface area (TPSA) is 114 Å². The van der Waals surface area contributed by atoms with Gasteiger partial charge in [0.1, 0.15) is 5.65 Å². The van der Waals surface area contributed by atoms with Crippen LogP contribution in [0, 0.1) is 0 Å². The van der Waals surface area contributed by atoms with Gasteiger partial charge in [0.25, 0.3) is 5.56 Å². The number of anilines is 1. The fraction of sp³-hybridized carbons (Fsp3) is 0.143. The second kappa shape index (κ2) is 3.69. The Morgan fingerprint density at radius 3 is 2.86 bits per heavy atom. The number of halogens is 1. The van der Waals surface area contributed by atoms with Crippen LogP contribution in [0.5, 0.6) is 0 Å². The van der Waals surface area contributed by atoms with Crippen molar-refractivity contribution >= 4 is 29.4 Å². The van der Waals surface area contributed by atoms with Gasteiger partial charge in [-0.15, -0.1) is 12.4 Å². The summed E-state index contributed by atoms with van der Waals surface area (Å²) < 4.78 is 0. The average Bonchev–Trinajstić information content (AvgIpc) is 2.47. The first-order chi connectivity index (χ1) is 6.22. The van der Waals surface area contributed by atoms with E-state index in [1.54, 1.807) is 6.20 Å². The summed E-state index contributed by atoms with van der Waals surface area (Å²) in [6.45, 7) is 0.300. The van der Waals surface area contributed by atoms with Crippen LogP contribution >= 0.6 is 12.4 Å². The standard InChI is InChI=1S/C7H9N5O.ClH/c8-1-3-2-10-5-4(3)6(13)12-7(9)11-5;/h2H,1,8H2,(H4,9,10,11,12,13);1H. The number of aromatic nitrogens is 3. The average molecular weight is 216 g/mol. The molecule has 2 rings (SSSR count). The highest BCUT2D eigenvalue weighted by molar-refractivity contribution is 5.85. The molecule has 6 N–H and O–H groups in total. The maximum absolute atomic E-state index is 11.4. The number of hydrogen-bond donors (Lipinski definition) is 4. The van der Waals surface area contributed by atoms with Crippen LogP contribution in [0.3, 0.4) is 0 Å². The van der Waals surface area contributed by atoms with Crippen LogP contribution in [0.15, 0.2) is 11.0 Å². The van der Waals surface area contributed by atoms with E-state index >= 15 is 0 Å². The molecule has 0 unspecified atom stereocenters. The van der Waals surface area contributed by atoms with E-state index in [0.29, 0.717) is 17.6 Å². The third-order valence-electron chi connectivity index (χ3n) is 1.86. The molecule has 2 aromatic rings. The van der Waals surface area contributed by atoms with Gasteiger partial charge in [-0.05, 0) is 5.56 Å². The van der Waals surface area contributed by atoms with Crippen LogP contribution in [0.2, 0.25) is 0 Å². The van der Waals surface area contributed by atoms with Gasteiger partial charge in [-0.3, -0.25) is 9.78 Å². The van der Waals surface area contributed by atoms with Crippen molar-refractivity contribution in [2.75, 3.05) is 5.73 Å². The number of H-pyrrole nitrogens is 2. The van der Waals surface area contributed by atoms with Gasteiger partial charge in [0.15, 0.2) is 0 Å². The Morgan fingerprint density at radius 2 is 2.21 bits per heavy atom. The highest BCUT2D eigenvalue weighted by Gasteiger charge is 2.07. The van der Waals surface area contributed by atoms with Crippen molar-refractivity contribution in [3.05, 3.63) is 22.1 Å². The highest BCUT2D eigenvalue weighted by Crippen LogP contribution is 2.10. The summed E-state index contributed by atoms with van der Waals surface area (Å²) in [5.74, 6) is 0.0999. The summed E-state index contributed by atoms with van der Waals surface area (Å²) in [5.41, 5.74) is 11.7. The Hall–Kier alpha value is -1.53. The van der Waals surface area contributed by atoms with Crippen molar-refractivity contribution in [1.29, 1.82) is 0 Å². The molecule has 0 aliphatic rings. The van der Waals surface area contributed by atoms with Gasteiger partial charge in [-0.2, -0.15) is 4.98 Å². The van der Waals surface area contributed by atoms with E-state index in [1.807, 2.05) is 0 Å². The Balaban J connectivity index is 0.000000980. The number of fused-ring (bicyclic) bond motifs is 1. The molecule has 0 bridgehead atoms. The molecule has 0 atom stereocenters. The Labute approximate surface area is 85.1 Å². The van der Waals surface area contributed by atoms with Gasteiger partial charge >= 0.3 is 0 Å². The number of nitrogens with two attached hydrogens (primary N) is 2. The van der Waals surface area contributed by atoms with Crippen LogP contribution in [-0.2, 0) is 6.54 Å². The van der Waals surface area contributed by atoms with E-state index in [0.717, 1.165) is 5.56 Å². The minimum absolute atomic E-state index is 0. The Bertz CT molecular complexity index is 502. The molecule has 0 radical (unpaired) electrons. The summed E-state index contributed by atoms with van der Waals surface area (Å²) in [6, 6.07) is 0. The first kappa shape index (κ1) is 10.6. The van der Waals surface area contributed by atoms with E-state index in [1.165, 1.54) is 0 Å².